The van der Waals surface area contributed by atoms with E-state index in [1.165, 1.54) is 20.0 Å². The minimum atomic E-state index is -1.48. The molecule has 4 amide bonds. The van der Waals surface area contributed by atoms with E-state index in [1.54, 1.807) is 51.1 Å². The molecule has 1 aromatic heterocycles. The first-order valence-corrected chi connectivity index (χ1v) is 18.3. The van der Waals surface area contributed by atoms with Crippen LogP contribution in [0.5, 0.6) is 11.6 Å². The lowest BCUT2D eigenvalue weighted by atomic mass is 9.77. The van der Waals surface area contributed by atoms with E-state index in [9.17, 15) is 24.0 Å². The van der Waals surface area contributed by atoms with Gasteiger partial charge in [0.15, 0.2) is 0 Å². The van der Waals surface area contributed by atoms with Crippen LogP contribution in [0.3, 0.4) is 0 Å². The third kappa shape index (κ3) is 11.3. The smallest absolute Gasteiger partial charge is 0.408 e. The van der Waals surface area contributed by atoms with E-state index in [4.69, 9.17) is 18.9 Å². The lowest BCUT2D eigenvalue weighted by Crippen LogP contribution is -2.59. The summed E-state index contributed by atoms with van der Waals surface area (Å²) in [7, 11) is 0. The Bertz CT molecular complexity index is 2020. The van der Waals surface area contributed by atoms with Crippen LogP contribution in [0.25, 0.3) is 0 Å². The highest BCUT2D eigenvalue weighted by atomic mass is 16.6. The molecule has 4 aromatic rings. The van der Waals surface area contributed by atoms with Crippen molar-refractivity contribution in [2.75, 3.05) is 5.32 Å². The Labute approximate surface area is 325 Å². The second-order valence-electron chi connectivity index (χ2n) is 14.4. The normalized spacial score (nSPS) is 15.8. The van der Waals surface area contributed by atoms with Crippen molar-refractivity contribution in [3.8, 4) is 11.6 Å². The van der Waals surface area contributed by atoms with Crippen molar-refractivity contribution in [1.82, 2.24) is 20.9 Å². The minimum absolute atomic E-state index is 0.00894. The summed E-state index contributed by atoms with van der Waals surface area (Å²) < 4.78 is 22.8. The molecular weight excluding hydrogens is 718 g/mol. The van der Waals surface area contributed by atoms with Gasteiger partial charge in [-0.25, -0.2) is 19.4 Å². The first kappa shape index (κ1) is 40.7. The van der Waals surface area contributed by atoms with Gasteiger partial charge in [-0.05, 0) is 82.3 Å². The number of esters is 1. The van der Waals surface area contributed by atoms with E-state index in [0.29, 0.717) is 17.7 Å². The predicted octanol–water partition coefficient (Wildman–Crippen LogP) is 6.13. The first-order chi connectivity index (χ1) is 26.7. The monoisotopic (exact) mass is 765 g/mol. The fourth-order valence-electron chi connectivity index (χ4n) is 5.90. The van der Waals surface area contributed by atoms with Crippen molar-refractivity contribution in [2.45, 2.75) is 90.3 Å². The number of hydrogen-bond acceptors (Lipinski definition) is 10. The maximum Gasteiger partial charge on any atom is 0.408 e. The van der Waals surface area contributed by atoms with Crippen LogP contribution in [0.1, 0.15) is 63.3 Å². The second kappa shape index (κ2) is 18.3. The average molecular weight is 766 g/mol. The highest BCUT2D eigenvalue weighted by molar-refractivity contribution is 5.98. The molecule has 5 rings (SSSR count). The largest absolute Gasteiger partial charge is 0.459 e. The van der Waals surface area contributed by atoms with Crippen LogP contribution < -0.4 is 26.0 Å². The minimum Gasteiger partial charge on any atom is -0.459 e. The van der Waals surface area contributed by atoms with Crippen molar-refractivity contribution in [1.29, 1.82) is 0 Å². The van der Waals surface area contributed by atoms with Gasteiger partial charge in [0.05, 0.1) is 0 Å². The van der Waals surface area contributed by atoms with Gasteiger partial charge in [-0.15, -0.1) is 0 Å². The summed E-state index contributed by atoms with van der Waals surface area (Å²) in [4.78, 5) is 69.8. The summed E-state index contributed by atoms with van der Waals surface area (Å²) in [5, 5.41) is 10.6. The number of benzene rings is 3. The zero-order chi connectivity index (χ0) is 40.3. The maximum atomic E-state index is 13.9. The van der Waals surface area contributed by atoms with Gasteiger partial charge < -0.3 is 40.2 Å². The van der Waals surface area contributed by atoms with Crippen molar-refractivity contribution in [2.24, 2.45) is 0 Å². The third-order valence-electron chi connectivity index (χ3n) is 8.80. The predicted molar refractivity (Wildman–Crippen MR) is 207 cm³/mol. The van der Waals surface area contributed by atoms with Crippen molar-refractivity contribution in [3.63, 3.8) is 0 Å². The van der Waals surface area contributed by atoms with E-state index in [-0.39, 0.29) is 37.6 Å². The molecule has 0 saturated carbocycles. The Morgan fingerprint density at radius 2 is 1.39 bits per heavy atom. The fourth-order valence-corrected chi connectivity index (χ4v) is 5.90. The van der Waals surface area contributed by atoms with Gasteiger partial charge in [-0.2, -0.15) is 0 Å². The van der Waals surface area contributed by atoms with Crippen LogP contribution in [0.2, 0.25) is 0 Å². The van der Waals surface area contributed by atoms with Crippen LogP contribution in [0.15, 0.2) is 97.2 Å². The Balaban J connectivity index is 1.27. The SMILES string of the molecule is C[C@H](NC(=O)OCc1ccccc1)C(=O)N[C@@H](C)C(=O)Nc1cccnc1Oc1cccc2c1C[C@@](NC(=O)OC(C)(C)C)(C(=O)OCc1ccccc1)CC2. The summed E-state index contributed by atoms with van der Waals surface area (Å²) in [5.74, 6) is -1.40. The molecule has 1 aliphatic rings. The van der Waals surface area contributed by atoms with Crippen LogP contribution in [-0.2, 0) is 54.6 Å². The highest BCUT2D eigenvalue weighted by Crippen LogP contribution is 2.38. The number of alkyl carbamates (subject to hydrolysis) is 2. The summed E-state index contributed by atoms with van der Waals surface area (Å²) in [5.41, 5.74) is 1.03. The quantitative estimate of drug-likeness (QED) is 0.0913. The maximum absolute atomic E-state index is 13.9. The Morgan fingerprint density at radius 3 is 2.05 bits per heavy atom. The molecule has 4 N–H and O–H groups in total. The van der Waals surface area contributed by atoms with Gasteiger partial charge in [-0.1, -0.05) is 72.8 Å². The van der Waals surface area contributed by atoms with Crippen molar-refractivity contribution < 1.29 is 42.9 Å². The molecule has 0 spiro atoms. The molecule has 0 bridgehead atoms. The topological polar surface area (TPSA) is 183 Å². The number of fused-ring (bicyclic) bond motifs is 1. The zero-order valence-electron chi connectivity index (χ0n) is 32.0. The molecule has 14 nitrogen and oxygen atoms in total. The van der Waals surface area contributed by atoms with E-state index in [1.807, 2.05) is 60.7 Å². The molecule has 1 heterocycles. The third-order valence-corrected chi connectivity index (χ3v) is 8.80. The number of aryl methyl sites for hydroxylation is 1. The Hall–Kier alpha value is -6.44. The van der Waals surface area contributed by atoms with Crippen molar-refractivity contribution in [3.05, 3.63) is 119 Å². The van der Waals surface area contributed by atoms with E-state index >= 15 is 0 Å². The average Bonchev–Trinajstić information content (AvgIpc) is 3.17. The number of aromatic nitrogens is 1. The number of amides is 4. The van der Waals surface area contributed by atoms with Gasteiger partial charge in [0, 0.05) is 18.2 Å². The zero-order valence-corrected chi connectivity index (χ0v) is 32.0. The fraction of sp³-hybridized carbons (Fsp3) is 0.333. The first-order valence-electron chi connectivity index (χ1n) is 18.3. The van der Waals surface area contributed by atoms with Gasteiger partial charge in [-0.3, -0.25) is 9.59 Å². The molecule has 0 unspecified atom stereocenters. The molecule has 0 saturated heterocycles. The van der Waals surface area contributed by atoms with E-state index in [0.717, 1.165) is 16.7 Å². The van der Waals surface area contributed by atoms with E-state index < -0.39 is 53.2 Å². The summed E-state index contributed by atoms with van der Waals surface area (Å²) in [6.07, 6.45) is 0.619. The molecule has 14 heteroatoms. The summed E-state index contributed by atoms with van der Waals surface area (Å²) in [6, 6.07) is 24.9. The molecule has 3 atom stereocenters. The number of carbonyl (C=O) groups excluding carboxylic acids is 5. The number of hydrogen-bond donors (Lipinski definition) is 4. The number of nitrogens with zero attached hydrogens (tertiary/aromatic N) is 1. The second-order valence-corrected chi connectivity index (χ2v) is 14.4. The van der Waals surface area contributed by atoms with E-state index in [2.05, 4.69) is 26.3 Å². The number of ether oxygens (including phenoxy) is 4. The van der Waals surface area contributed by atoms with Crippen LogP contribution in [-0.4, -0.2) is 58.2 Å². The number of carbonyl (C=O) groups is 5. The number of pyridine rings is 1. The molecule has 1 aliphatic carbocycles. The van der Waals surface area contributed by atoms with Crippen LogP contribution in [0, 0.1) is 0 Å². The molecule has 3 aromatic carbocycles. The number of rotatable bonds is 13. The lowest BCUT2D eigenvalue weighted by Gasteiger charge is -2.37. The summed E-state index contributed by atoms with van der Waals surface area (Å²) >= 11 is 0. The Kier molecular flexibility index (Phi) is 13.3. The molecular formula is C42H47N5O9. The van der Waals surface area contributed by atoms with Crippen molar-refractivity contribution >= 4 is 35.7 Å². The molecule has 0 radical (unpaired) electrons. The molecule has 0 fully saturated rings. The molecule has 294 valence electrons. The molecule has 0 aliphatic heterocycles. The standard InChI is InChI=1S/C42H47N5O9/c1-27(44-35(48)28(2)45-39(51)54-26-30-16-10-7-11-17-30)36(49)46-33-19-13-23-43-37(33)55-34-20-12-18-31-21-22-42(24-32(31)34,47-40(52)56-41(3,4)5)38(50)53-25-29-14-8-6-9-15-29/h6-20,23,27-28H,21-22,24-26H2,1-5H3,(H,44,48)(H,45,51)(H,46,49)(H,47,52)/t27-,28-,42+/m0/s1. The van der Waals surface area contributed by atoms with Crippen LogP contribution in [0.4, 0.5) is 15.3 Å². The lowest BCUT2D eigenvalue weighted by molar-refractivity contribution is -0.153. The molecule has 56 heavy (non-hydrogen) atoms. The Morgan fingerprint density at radius 1 is 0.750 bits per heavy atom. The number of anilines is 1. The van der Waals surface area contributed by atoms with Gasteiger partial charge >= 0.3 is 18.2 Å². The van der Waals surface area contributed by atoms with Gasteiger partial charge in [0.1, 0.15) is 47.9 Å². The number of nitrogens with one attached hydrogen (secondary N) is 4. The van der Waals surface area contributed by atoms with Gasteiger partial charge in [0.2, 0.25) is 17.7 Å². The van der Waals surface area contributed by atoms with Crippen LogP contribution >= 0.6 is 0 Å². The highest BCUT2D eigenvalue weighted by Gasteiger charge is 2.46. The summed E-state index contributed by atoms with van der Waals surface area (Å²) in [6.45, 7) is 8.21. The van der Waals surface area contributed by atoms with Gasteiger partial charge in [0.25, 0.3) is 0 Å².